The van der Waals surface area contributed by atoms with Crippen molar-refractivity contribution in [2.24, 2.45) is 0 Å². The molecule has 1 saturated heterocycles. The molecular weight excluding hydrogens is 396 g/mol. The van der Waals surface area contributed by atoms with Crippen molar-refractivity contribution < 1.29 is 19.4 Å². The molecule has 1 fully saturated rings. The number of nitro groups is 1. The molecule has 1 heterocycles. The Kier molecular flexibility index (Phi) is 6.90. The van der Waals surface area contributed by atoms with E-state index in [0.717, 1.165) is 42.5 Å². The monoisotopic (exact) mass is 419 g/mol. The van der Waals surface area contributed by atoms with E-state index < -0.39 is 4.92 Å². The number of piperazine rings is 1. The summed E-state index contributed by atoms with van der Waals surface area (Å²) in [6.45, 7) is 5.97. The van der Waals surface area contributed by atoms with E-state index in [-0.39, 0.29) is 23.8 Å². The van der Waals surface area contributed by atoms with Crippen LogP contribution in [0.3, 0.4) is 0 Å². The summed E-state index contributed by atoms with van der Waals surface area (Å²) in [7, 11) is 0. The van der Waals surface area contributed by atoms with Crippen molar-refractivity contribution in [2.45, 2.75) is 6.92 Å². The minimum Gasteiger partial charge on any atom is -0.492 e. The van der Waals surface area contributed by atoms with Gasteiger partial charge in [0.05, 0.1) is 43.4 Å². The number of rotatable bonds is 7. The van der Waals surface area contributed by atoms with Gasteiger partial charge in [-0.2, -0.15) is 0 Å². The summed E-state index contributed by atoms with van der Waals surface area (Å²) in [6, 6.07) is 12.1. The summed E-state index contributed by atoms with van der Waals surface area (Å²) in [5.41, 5.74) is 1.01. The van der Waals surface area contributed by atoms with Crippen molar-refractivity contribution in [3.63, 3.8) is 0 Å². The van der Waals surface area contributed by atoms with Crippen LogP contribution in [0.5, 0.6) is 5.75 Å². The Hall–Kier alpha value is -2.84. The lowest BCUT2D eigenvalue weighted by atomic mass is 10.2. The Bertz CT molecular complexity index is 885. The number of nitrogens with zero attached hydrogens (tertiary/aromatic N) is 2. The van der Waals surface area contributed by atoms with Crippen LogP contribution in [0.1, 0.15) is 6.92 Å². The quantitative estimate of drug-likeness (QED) is 0.529. The summed E-state index contributed by atoms with van der Waals surface area (Å²) in [4.78, 5) is 26.4. The smallest absolute Gasteiger partial charge is 0.292 e. The fourth-order valence-corrected chi connectivity index (χ4v) is 3.60. The maximum atomic E-state index is 12.4. The van der Waals surface area contributed by atoms with Gasteiger partial charge in [-0.25, -0.2) is 0 Å². The lowest BCUT2D eigenvalue weighted by molar-refractivity contribution is -0.892. The SMILES string of the molecule is CCOc1ccccc1N1CC[NH+](CC(=O)Nc2cc(Cl)ccc2[N+](=O)[O-])CC1. The summed E-state index contributed by atoms with van der Waals surface area (Å²) < 4.78 is 5.71. The number of hydrogen-bond donors (Lipinski definition) is 2. The molecule has 1 aliphatic heterocycles. The van der Waals surface area contributed by atoms with Gasteiger partial charge < -0.3 is 19.9 Å². The third-order valence-corrected chi connectivity index (χ3v) is 5.05. The molecule has 1 amide bonds. The number of hydrogen-bond acceptors (Lipinski definition) is 5. The molecule has 0 radical (unpaired) electrons. The van der Waals surface area contributed by atoms with Crippen molar-refractivity contribution in [1.29, 1.82) is 0 Å². The maximum absolute atomic E-state index is 12.4. The molecule has 3 rings (SSSR count). The Labute approximate surface area is 174 Å². The number of amides is 1. The maximum Gasteiger partial charge on any atom is 0.292 e. The molecule has 8 nitrogen and oxygen atoms in total. The van der Waals surface area contributed by atoms with E-state index in [1.807, 2.05) is 31.2 Å². The summed E-state index contributed by atoms with van der Waals surface area (Å²) in [5.74, 6) is 0.595. The molecule has 154 valence electrons. The van der Waals surface area contributed by atoms with E-state index in [4.69, 9.17) is 16.3 Å². The van der Waals surface area contributed by atoms with Crippen molar-refractivity contribution in [1.82, 2.24) is 0 Å². The van der Waals surface area contributed by atoms with Gasteiger partial charge in [-0.15, -0.1) is 0 Å². The van der Waals surface area contributed by atoms with E-state index in [2.05, 4.69) is 10.2 Å². The number of nitro benzene ring substituents is 1. The van der Waals surface area contributed by atoms with Gasteiger partial charge in [-0.05, 0) is 31.2 Å². The van der Waals surface area contributed by atoms with E-state index in [1.54, 1.807) is 0 Å². The third-order valence-electron chi connectivity index (χ3n) is 4.82. The Morgan fingerprint density at radius 3 is 2.69 bits per heavy atom. The fourth-order valence-electron chi connectivity index (χ4n) is 3.43. The first-order valence-electron chi connectivity index (χ1n) is 9.52. The van der Waals surface area contributed by atoms with Crippen molar-refractivity contribution in [3.8, 4) is 5.75 Å². The third kappa shape index (κ3) is 5.36. The number of benzene rings is 2. The predicted molar refractivity (Wildman–Crippen MR) is 112 cm³/mol. The summed E-state index contributed by atoms with van der Waals surface area (Å²) >= 11 is 5.91. The topological polar surface area (TPSA) is 89.2 Å². The molecule has 2 aromatic rings. The highest BCUT2D eigenvalue weighted by Crippen LogP contribution is 2.28. The zero-order valence-electron chi connectivity index (χ0n) is 16.2. The van der Waals surface area contributed by atoms with Gasteiger partial charge in [-0.1, -0.05) is 23.7 Å². The Morgan fingerprint density at radius 1 is 1.28 bits per heavy atom. The molecule has 0 saturated carbocycles. The number of carbonyl (C=O) groups is 1. The van der Waals surface area contributed by atoms with Gasteiger partial charge in [0.2, 0.25) is 0 Å². The number of anilines is 2. The average Bonchev–Trinajstić information content (AvgIpc) is 2.69. The van der Waals surface area contributed by atoms with Gasteiger partial charge >= 0.3 is 0 Å². The number of nitrogens with one attached hydrogen (secondary N) is 2. The fraction of sp³-hybridized carbons (Fsp3) is 0.350. The number of quaternary nitrogens is 1. The first-order chi connectivity index (χ1) is 14.0. The largest absolute Gasteiger partial charge is 0.492 e. The number of halogens is 1. The Morgan fingerprint density at radius 2 is 2.00 bits per heavy atom. The molecule has 9 heteroatoms. The first-order valence-corrected chi connectivity index (χ1v) is 9.90. The lowest BCUT2D eigenvalue weighted by Crippen LogP contribution is -3.15. The van der Waals surface area contributed by atoms with Crippen molar-refractivity contribution in [2.75, 3.05) is 49.5 Å². The van der Waals surface area contributed by atoms with Crippen LogP contribution in [0.25, 0.3) is 0 Å². The number of para-hydroxylation sites is 2. The van der Waals surface area contributed by atoms with Crippen LogP contribution >= 0.6 is 11.6 Å². The lowest BCUT2D eigenvalue weighted by Gasteiger charge is -2.34. The van der Waals surface area contributed by atoms with E-state index in [0.29, 0.717) is 11.6 Å². The van der Waals surface area contributed by atoms with Gasteiger partial charge in [0.15, 0.2) is 6.54 Å². The van der Waals surface area contributed by atoms with Gasteiger partial charge in [0, 0.05) is 11.1 Å². The second-order valence-electron chi connectivity index (χ2n) is 6.78. The number of carbonyl (C=O) groups excluding carboxylic acids is 1. The van der Waals surface area contributed by atoms with E-state index >= 15 is 0 Å². The highest BCUT2D eigenvalue weighted by Gasteiger charge is 2.25. The van der Waals surface area contributed by atoms with E-state index in [9.17, 15) is 14.9 Å². The highest BCUT2D eigenvalue weighted by atomic mass is 35.5. The molecule has 0 spiro atoms. The molecule has 0 atom stereocenters. The molecule has 0 unspecified atom stereocenters. The first kappa shape index (κ1) is 20.9. The summed E-state index contributed by atoms with van der Waals surface area (Å²) in [5, 5.41) is 14.1. The van der Waals surface area contributed by atoms with Crippen LogP contribution in [0.4, 0.5) is 17.1 Å². The molecule has 0 aliphatic carbocycles. The van der Waals surface area contributed by atoms with Gasteiger partial charge in [0.25, 0.3) is 11.6 Å². The van der Waals surface area contributed by atoms with Gasteiger partial charge in [-0.3, -0.25) is 14.9 Å². The second-order valence-corrected chi connectivity index (χ2v) is 7.22. The highest BCUT2D eigenvalue weighted by molar-refractivity contribution is 6.31. The van der Waals surface area contributed by atoms with E-state index in [1.165, 1.54) is 18.2 Å². The van der Waals surface area contributed by atoms with Crippen LogP contribution < -0.4 is 19.9 Å². The van der Waals surface area contributed by atoms with Crippen LogP contribution in [0.15, 0.2) is 42.5 Å². The minimum absolute atomic E-state index is 0.121. The minimum atomic E-state index is -0.534. The zero-order valence-corrected chi connectivity index (χ0v) is 16.9. The second kappa shape index (κ2) is 9.58. The van der Waals surface area contributed by atoms with Crippen molar-refractivity contribution >= 4 is 34.6 Å². The molecule has 2 N–H and O–H groups in total. The molecule has 0 aromatic heterocycles. The van der Waals surface area contributed by atoms with Crippen LogP contribution in [0.2, 0.25) is 5.02 Å². The average molecular weight is 420 g/mol. The van der Waals surface area contributed by atoms with Gasteiger partial charge in [0.1, 0.15) is 11.4 Å². The molecular formula is C20H24ClN4O4+. The Balaban J connectivity index is 1.57. The van der Waals surface area contributed by atoms with Crippen molar-refractivity contribution in [3.05, 3.63) is 57.6 Å². The van der Waals surface area contributed by atoms with Crippen LogP contribution in [-0.4, -0.2) is 50.2 Å². The predicted octanol–water partition coefficient (Wildman–Crippen LogP) is 1.99. The molecule has 0 bridgehead atoms. The molecule has 2 aromatic carbocycles. The standard InChI is InChI=1S/C20H23ClN4O4/c1-2-29-19-6-4-3-5-18(19)24-11-9-23(10-12-24)14-20(26)22-16-13-15(21)7-8-17(16)25(27)28/h3-8,13H,2,9-12,14H2,1H3,(H,22,26)/p+1. The molecule has 29 heavy (non-hydrogen) atoms. The molecule has 1 aliphatic rings. The van der Waals surface area contributed by atoms with Crippen LogP contribution in [0, 0.1) is 10.1 Å². The normalized spacial score (nSPS) is 14.5. The zero-order chi connectivity index (χ0) is 20.8. The summed E-state index contributed by atoms with van der Waals surface area (Å²) in [6.07, 6.45) is 0. The number of ether oxygens (including phenoxy) is 1. The van der Waals surface area contributed by atoms with Crippen LogP contribution in [-0.2, 0) is 4.79 Å².